The fourth-order valence-electron chi connectivity index (χ4n) is 1.14. The number of hydrogen-bond donors (Lipinski definition) is 1. The normalized spacial score (nSPS) is 10.4. The summed E-state index contributed by atoms with van der Waals surface area (Å²) in [6.07, 6.45) is 0. The van der Waals surface area contributed by atoms with E-state index in [9.17, 15) is 4.79 Å². The third-order valence-electron chi connectivity index (χ3n) is 1.87. The average Bonchev–Trinajstić information content (AvgIpc) is 2.84. The first-order chi connectivity index (χ1) is 7.65. The third kappa shape index (κ3) is 2.87. The van der Waals surface area contributed by atoms with Crippen LogP contribution >= 0.6 is 38.9 Å². The van der Waals surface area contributed by atoms with Gasteiger partial charge >= 0.3 is 0 Å². The van der Waals surface area contributed by atoms with E-state index in [1.807, 2.05) is 11.4 Å². The summed E-state index contributed by atoms with van der Waals surface area (Å²) in [6.45, 7) is 0.471. The lowest BCUT2D eigenvalue weighted by atomic mass is 10.3. The molecule has 0 aliphatic rings. The van der Waals surface area contributed by atoms with E-state index in [0.717, 1.165) is 9.35 Å². The van der Waals surface area contributed by atoms with Gasteiger partial charge in [-0.05, 0) is 56.7 Å². The van der Waals surface area contributed by atoms with Gasteiger partial charge in [-0.3, -0.25) is 4.79 Å². The minimum Gasteiger partial charge on any atom is -0.440 e. The van der Waals surface area contributed by atoms with E-state index < -0.39 is 0 Å². The Morgan fingerprint density at radius 1 is 1.56 bits per heavy atom. The van der Waals surface area contributed by atoms with Gasteiger partial charge in [0.15, 0.2) is 11.0 Å². The molecule has 3 nitrogen and oxygen atoms in total. The van der Waals surface area contributed by atoms with Gasteiger partial charge in [0.1, 0.15) is 0 Å². The van der Waals surface area contributed by atoms with Gasteiger partial charge in [-0.1, -0.05) is 0 Å². The van der Waals surface area contributed by atoms with Gasteiger partial charge in [0.25, 0.3) is 5.91 Å². The van der Waals surface area contributed by atoms with Crippen molar-refractivity contribution in [3.63, 3.8) is 0 Å². The molecule has 2 heterocycles. The Morgan fingerprint density at radius 3 is 2.94 bits per heavy atom. The molecule has 84 valence electrons. The second-order valence-corrected chi connectivity index (χ2v) is 5.71. The summed E-state index contributed by atoms with van der Waals surface area (Å²) >= 11 is 10.5. The van der Waals surface area contributed by atoms with E-state index in [4.69, 9.17) is 16.0 Å². The maximum absolute atomic E-state index is 11.6. The molecule has 0 saturated carbocycles. The largest absolute Gasteiger partial charge is 0.440 e. The van der Waals surface area contributed by atoms with Crippen molar-refractivity contribution in [1.29, 1.82) is 0 Å². The summed E-state index contributed by atoms with van der Waals surface area (Å²) in [6, 6.07) is 5.04. The maximum atomic E-state index is 11.6. The summed E-state index contributed by atoms with van der Waals surface area (Å²) in [5, 5.41) is 4.92. The topological polar surface area (TPSA) is 42.2 Å². The molecule has 0 fully saturated rings. The molecule has 0 aliphatic carbocycles. The second kappa shape index (κ2) is 5.03. The highest BCUT2D eigenvalue weighted by Gasteiger charge is 2.10. The van der Waals surface area contributed by atoms with Crippen LogP contribution in [-0.2, 0) is 6.54 Å². The van der Waals surface area contributed by atoms with E-state index in [1.165, 1.54) is 6.07 Å². The van der Waals surface area contributed by atoms with Crippen LogP contribution in [0, 0.1) is 0 Å². The molecule has 0 aliphatic heterocycles. The molecular weight excluding hydrogens is 314 g/mol. The molecule has 0 unspecified atom stereocenters. The first kappa shape index (κ1) is 11.7. The van der Waals surface area contributed by atoms with Crippen LogP contribution in [0.2, 0.25) is 5.22 Å². The Morgan fingerprint density at radius 2 is 2.38 bits per heavy atom. The Hall–Kier alpha value is -0.780. The Balaban J connectivity index is 1.93. The zero-order valence-corrected chi connectivity index (χ0v) is 11.2. The zero-order chi connectivity index (χ0) is 11.5. The van der Waals surface area contributed by atoms with Crippen molar-refractivity contribution < 1.29 is 9.21 Å². The highest BCUT2D eigenvalue weighted by molar-refractivity contribution is 9.11. The molecule has 0 aromatic carbocycles. The van der Waals surface area contributed by atoms with Crippen LogP contribution in [-0.4, -0.2) is 5.91 Å². The van der Waals surface area contributed by atoms with Gasteiger partial charge in [-0.2, -0.15) is 0 Å². The van der Waals surface area contributed by atoms with Gasteiger partial charge in [0.2, 0.25) is 0 Å². The van der Waals surface area contributed by atoms with E-state index in [-0.39, 0.29) is 16.9 Å². The monoisotopic (exact) mass is 319 g/mol. The predicted octanol–water partition coefficient (Wildman–Crippen LogP) is 3.69. The Bertz CT molecular complexity index is 508. The van der Waals surface area contributed by atoms with Gasteiger partial charge in [-0.25, -0.2) is 0 Å². The number of nitrogens with one attached hydrogen (secondary N) is 1. The first-order valence-corrected chi connectivity index (χ1v) is 6.46. The summed E-state index contributed by atoms with van der Waals surface area (Å²) in [5.41, 5.74) is 1.04. The Kier molecular flexibility index (Phi) is 3.68. The fourth-order valence-corrected chi connectivity index (χ4v) is 2.50. The van der Waals surface area contributed by atoms with Gasteiger partial charge in [0, 0.05) is 6.54 Å². The molecule has 1 N–H and O–H groups in total. The highest BCUT2D eigenvalue weighted by Crippen LogP contribution is 2.20. The number of thiophene rings is 1. The van der Waals surface area contributed by atoms with Crippen molar-refractivity contribution in [2.24, 2.45) is 0 Å². The molecule has 16 heavy (non-hydrogen) atoms. The van der Waals surface area contributed by atoms with Gasteiger partial charge in [-0.15, -0.1) is 11.3 Å². The maximum Gasteiger partial charge on any atom is 0.287 e. The second-order valence-electron chi connectivity index (χ2n) is 3.05. The lowest BCUT2D eigenvalue weighted by molar-refractivity contribution is 0.0923. The number of hydrogen-bond acceptors (Lipinski definition) is 3. The van der Waals surface area contributed by atoms with Crippen molar-refractivity contribution in [2.45, 2.75) is 6.54 Å². The molecule has 2 aromatic heterocycles. The van der Waals surface area contributed by atoms with Gasteiger partial charge in [0.05, 0.1) is 3.79 Å². The molecule has 0 radical (unpaired) electrons. The molecule has 0 bridgehead atoms. The Labute approximate surface area is 110 Å². The highest BCUT2D eigenvalue weighted by atomic mass is 79.9. The number of halogens is 2. The zero-order valence-electron chi connectivity index (χ0n) is 8.00. The van der Waals surface area contributed by atoms with Crippen LogP contribution in [0.3, 0.4) is 0 Å². The molecule has 2 aromatic rings. The van der Waals surface area contributed by atoms with E-state index in [2.05, 4.69) is 21.2 Å². The van der Waals surface area contributed by atoms with Crippen molar-refractivity contribution in [3.8, 4) is 0 Å². The van der Waals surface area contributed by atoms with Crippen molar-refractivity contribution >= 4 is 44.8 Å². The van der Waals surface area contributed by atoms with Gasteiger partial charge < -0.3 is 9.73 Å². The minimum atomic E-state index is -0.269. The molecule has 2 rings (SSSR count). The number of furan rings is 1. The molecule has 6 heteroatoms. The van der Waals surface area contributed by atoms with Crippen LogP contribution in [0.1, 0.15) is 16.1 Å². The lowest BCUT2D eigenvalue weighted by Gasteiger charge is -2.00. The summed E-state index contributed by atoms with van der Waals surface area (Å²) in [5.74, 6) is -0.0477. The standard InChI is InChI=1S/C10H7BrClNO2S/c11-8-3-6(5-16-8)4-13-10(14)7-1-2-9(12)15-7/h1-3,5H,4H2,(H,13,14). The lowest BCUT2D eigenvalue weighted by Crippen LogP contribution is -2.21. The number of carbonyl (C=O) groups excluding carboxylic acids is 1. The molecular formula is C10H7BrClNO2S. The van der Waals surface area contributed by atoms with Crippen molar-refractivity contribution in [1.82, 2.24) is 5.32 Å². The molecule has 1 amide bonds. The van der Waals surface area contributed by atoms with E-state index >= 15 is 0 Å². The number of amides is 1. The van der Waals surface area contributed by atoms with Crippen LogP contribution in [0.4, 0.5) is 0 Å². The molecule has 0 atom stereocenters. The number of rotatable bonds is 3. The first-order valence-electron chi connectivity index (χ1n) is 4.41. The summed E-state index contributed by atoms with van der Waals surface area (Å²) in [7, 11) is 0. The molecule has 0 spiro atoms. The number of carbonyl (C=O) groups is 1. The van der Waals surface area contributed by atoms with E-state index in [0.29, 0.717) is 6.54 Å². The SMILES string of the molecule is O=C(NCc1csc(Br)c1)c1ccc(Cl)o1. The minimum absolute atomic E-state index is 0.212. The predicted molar refractivity (Wildman–Crippen MR) is 66.9 cm³/mol. The third-order valence-corrected chi connectivity index (χ3v) is 3.63. The smallest absolute Gasteiger partial charge is 0.287 e. The van der Waals surface area contributed by atoms with Crippen LogP contribution in [0.15, 0.2) is 31.8 Å². The van der Waals surface area contributed by atoms with Crippen LogP contribution in [0.5, 0.6) is 0 Å². The summed E-state index contributed by atoms with van der Waals surface area (Å²) in [4.78, 5) is 11.6. The average molecular weight is 321 g/mol. The fraction of sp³-hybridized carbons (Fsp3) is 0.100. The van der Waals surface area contributed by atoms with Crippen LogP contribution in [0.25, 0.3) is 0 Å². The van der Waals surface area contributed by atoms with Crippen LogP contribution < -0.4 is 5.32 Å². The molecule has 0 saturated heterocycles. The quantitative estimate of drug-likeness (QED) is 0.937. The van der Waals surface area contributed by atoms with Crippen molar-refractivity contribution in [2.75, 3.05) is 0 Å². The van der Waals surface area contributed by atoms with E-state index in [1.54, 1.807) is 17.4 Å². The summed E-state index contributed by atoms with van der Waals surface area (Å²) < 4.78 is 6.03. The van der Waals surface area contributed by atoms with Crippen molar-refractivity contribution in [3.05, 3.63) is 43.9 Å².